The summed E-state index contributed by atoms with van der Waals surface area (Å²) in [6, 6.07) is 11.2. The molecule has 8 nitrogen and oxygen atoms in total. The fourth-order valence-electron chi connectivity index (χ4n) is 3.97. The zero-order valence-electron chi connectivity index (χ0n) is 22.5. The van der Waals surface area contributed by atoms with E-state index in [9.17, 15) is 18.0 Å². The van der Waals surface area contributed by atoms with Crippen LogP contribution in [0.3, 0.4) is 0 Å². The Kier molecular flexibility index (Phi) is 12.2. The maximum absolute atomic E-state index is 13.5. The van der Waals surface area contributed by atoms with Crippen molar-refractivity contribution in [2.75, 3.05) is 30.8 Å². The Morgan fingerprint density at radius 3 is 2.32 bits per heavy atom. The first-order chi connectivity index (χ1) is 17.9. The van der Waals surface area contributed by atoms with Crippen molar-refractivity contribution in [3.8, 4) is 5.75 Å². The van der Waals surface area contributed by atoms with Crippen molar-refractivity contribution in [1.29, 1.82) is 0 Å². The number of anilines is 1. The van der Waals surface area contributed by atoms with Gasteiger partial charge in [-0.15, -0.1) is 0 Å². The zero-order chi connectivity index (χ0) is 28.5. The van der Waals surface area contributed by atoms with Crippen molar-refractivity contribution < 1.29 is 22.7 Å². The van der Waals surface area contributed by atoms with Gasteiger partial charge in [-0.05, 0) is 48.6 Å². The third-order valence-electron chi connectivity index (χ3n) is 5.94. The van der Waals surface area contributed by atoms with Gasteiger partial charge in [0.25, 0.3) is 0 Å². The Hall–Kier alpha value is -2.49. The third-order valence-corrected chi connectivity index (χ3v) is 7.80. The quantitative estimate of drug-likeness (QED) is 0.331. The number of carbonyl (C=O) groups excluding carboxylic acids is 2. The van der Waals surface area contributed by atoms with Crippen LogP contribution in [0.15, 0.2) is 42.5 Å². The summed E-state index contributed by atoms with van der Waals surface area (Å²) >= 11 is 12.6. The lowest BCUT2D eigenvalue weighted by Crippen LogP contribution is -2.49. The summed E-state index contributed by atoms with van der Waals surface area (Å²) in [5, 5.41) is 3.70. The van der Waals surface area contributed by atoms with Gasteiger partial charge in [0.05, 0.1) is 24.1 Å². The topological polar surface area (TPSA) is 96.0 Å². The van der Waals surface area contributed by atoms with E-state index in [2.05, 4.69) is 5.32 Å². The molecular weight excluding hydrogens is 549 g/mol. The molecule has 1 atom stereocenters. The van der Waals surface area contributed by atoms with Gasteiger partial charge in [-0.3, -0.25) is 13.9 Å². The SMILES string of the molecule is CCC(C(=O)NCC(C)C)N(Cc1ccccc1Cl)C(=O)CCCN(c1ccc(OC)c(Cl)c1)S(C)(=O)=O. The summed E-state index contributed by atoms with van der Waals surface area (Å²) in [5.41, 5.74) is 1.10. The Morgan fingerprint density at radius 1 is 1.08 bits per heavy atom. The van der Waals surface area contributed by atoms with Crippen LogP contribution in [0.25, 0.3) is 0 Å². The monoisotopic (exact) mass is 585 g/mol. The lowest BCUT2D eigenvalue weighted by molar-refractivity contribution is -0.141. The minimum Gasteiger partial charge on any atom is -0.495 e. The summed E-state index contributed by atoms with van der Waals surface area (Å²) in [4.78, 5) is 28.1. The molecule has 2 aromatic rings. The lowest BCUT2D eigenvalue weighted by atomic mass is 10.1. The highest BCUT2D eigenvalue weighted by Gasteiger charge is 2.29. The number of hydrogen-bond donors (Lipinski definition) is 1. The predicted octanol–water partition coefficient (Wildman–Crippen LogP) is 5.13. The fourth-order valence-corrected chi connectivity index (χ4v) is 5.37. The van der Waals surface area contributed by atoms with Gasteiger partial charge in [-0.1, -0.05) is 62.2 Å². The Balaban J connectivity index is 2.24. The summed E-state index contributed by atoms with van der Waals surface area (Å²) in [6.07, 6.45) is 1.79. The number of nitrogens with one attached hydrogen (secondary N) is 1. The van der Waals surface area contributed by atoms with Crippen LogP contribution in [0, 0.1) is 5.92 Å². The molecule has 0 fully saturated rings. The molecule has 0 saturated carbocycles. The normalized spacial score (nSPS) is 12.2. The van der Waals surface area contributed by atoms with Crippen LogP contribution in [0.2, 0.25) is 10.0 Å². The van der Waals surface area contributed by atoms with E-state index in [0.29, 0.717) is 29.4 Å². The van der Waals surface area contributed by atoms with Crippen LogP contribution in [-0.2, 0) is 26.2 Å². The van der Waals surface area contributed by atoms with Crippen molar-refractivity contribution in [2.45, 2.75) is 52.6 Å². The van der Waals surface area contributed by atoms with Crippen LogP contribution >= 0.6 is 23.2 Å². The summed E-state index contributed by atoms with van der Waals surface area (Å²) in [7, 11) is -2.18. The zero-order valence-corrected chi connectivity index (χ0v) is 24.9. The largest absolute Gasteiger partial charge is 0.495 e. The highest BCUT2D eigenvalue weighted by Crippen LogP contribution is 2.30. The summed E-state index contributed by atoms with van der Waals surface area (Å²) < 4.78 is 31.4. The van der Waals surface area contributed by atoms with Gasteiger partial charge in [-0.25, -0.2) is 8.42 Å². The molecule has 0 aliphatic carbocycles. The van der Waals surface area contributed by atoms with Gasteiger partial charge in [0.2, 0.25) is 21.8 Å². The van der Waals surface area contributed by atoms with Gasteiger partial charge < -0.3 is 15.0 Å². The number of amides is 2. The van der Waals surface area contributed by atoms with Crippen molar-refractivity contribution in [3.63, 3.8) is 0 Å². The maximum Gasteiger partial charge on any atom is 0.242 e. The van der Waals surface area contributed by atoms with Gasteiger partial charge in [0.15, 0.2) is 0 Å². The molecule has 0 aliphatic heterocycles. The standard InChI is InChI=1S/C27H37Cl2N3O5S/c1-6-24(27(34)30-17-19(2)3)31(18-20-10-7-8-11-22(20)28)26(33)12-9-15-32(38(5,35)36)21-13-14-25(37-4)23(29)16-21/h7-8,10-11,13-14,16,19,24H,6,9,12,15,17-18H2,1-5H3,(H,30,34). The number of benzene rings is 2. The highest BCUT2D eigenvalue weighted by molar-refractivity contribution is 7.92. The average molecular weight is 587 g/mol. The van der Waals surface area contributed by atoms with Gasteiger partial charge in [0, 0.05) is 31.1 Å². The molecule has 0 saturated heterocycles. The minimum absolute atomic E-state index is 0.0360. The molecule has 0 aromatic heterocycles. The number of ether oxygens (including phenoxy) is 1. The molecule has 0 heterocycles. The summed E-state index contributed by atoms with van der Waals surface area (Å²) in [5.74, 6) is 0.193. The fraction of sp³-hybridized carbons (Fsp3) is 0.481. The van der Waals surface area contributed by atoms with E-state index < -0.39 is 16.1 Å². The molecule has 0 aliphatic rings. The maximum atomic E-state index is 13.5. The van der Waals surface area contributed by atoms with Crippen molar-refractivity contribution >= 4 is 50.7 Å². The van der Waals surface area contributed by atoms with Gasteiger partial charge >= 0.3 is 0 Å². The average Bonchev–Trinajstić information content (AvgIpc) is 2.85. The van der Waals surface area contributed by atoms with Crippen molar-refractivity contribution in [3.05, 3.63) is 58.1 Å². The molecule has 0 bridgehead atoms. The molecule has 0 radical (unpaired) electrons. The van der Waals surface area contributed by atoms with Crippen LogP contribution < -0.4 is 14.4 Å². The van der Waals surface area contributed by atoms with E-state index in [0.717, 1.165) is 11.8 Å². The minimum atomic E-state index is -3.65. The Labute approximate surface area is 236 Å². The molecule has 210 valence electrons. The molecule has 2 amide bonds. The number of carbonyl (C=O) groups is 2. The summed E-state index contributed by atoms with van der Waals surface area (Å²) in [6.45, 7) is 6.57. The third kappa shape index (κ3) is 9.06. The number of nitrogens with zero attached hydrogens (tertiary/aromatic N) is 2. The molecule has 2 aromatic carbocycles. The molecule has 1 unspecified atom stereocenters. The first-order valence-electron chi connectivity index (χ1n) is 12.5. The van der Waals surface area contributed by atoms with Crippen molar-refractivity contribution in [2.24, 2.45) is 5.92 Å². The first-order valence-corrected chi connectivity index (χ1v) is 15.1. The number of sulfonamides is 1. The van der Waals surface area contributed by atoms with Crippen molar-refractivity contribution in [1.82, 2.24) is 10.2 Å². The number of hydrogen-bond acceptors (Lipinski definition) is 5. The van der Waals surface area contributed by atoms with Crippen LogP contribution in [0.1, 0.15) is 45.6 Å². The highest BCUT2D eigenvalue weighted by atomic mass is 35.5. The van der Waals surface area contributed by atoms with Gasteiger partial charge in [-0.2, -0.15) is 0 Å². The smallest absolute Gasteiger partial charge is 0.242 e. The Morgan fingerprint density at radius 2 is 1.76 bits per heavy atom. The van der Waals surface area contributed by atoms with Gasteiger partial charge in [0.1, 0.15) is 11.8 Å². The molecule has 0 spiro atoms. The van der Waals surface area contributed by atoms with E-state index in [1.165, 1.54) is 22.4 Å². The molecular formula is C27H37Cl2N3O5S. The van der Waals surface area contributed by atoms with E-state index in [1.54, 1.807) is 24.3 Å². The van der Waals surface area contributed by atoms with Crippen LogP contribution in [-0.4, -0.2) is 57.6 Å². The number of rotatable bonds is 14. The van der Waals surface area contributed by atoms with Crippen LogP contribution in [0.5, 0.6) is 5.75 Å². The number of halogens is 2. The van der Waals surface area contributed by atoms with E-state index >= 15 is 0 Å². The van der Waals surface area contributed by atoms with E-state index in [4.69, 9.17) is 27.9 Å². The lowest BCUT2D eigenvalue weighted by Gasteiger charge is -2.31. The first kappa shape index (κ1) is 31.7. The molecule has 11 heteroatoms. The second-order valence-electron chi connectivity index (χ2n) is 9.43. The molecule has 1 N–H and O–H groups in total. The molecule has 2 rings (SSSR count). The van der Waals surface area contributed by atoms with E-state index in [-0.39, 0.29) is 48.7 Å². The Bertz CT molecular complexity index is 1210. The number of methoxy groups -OCH3 is 1. The van der Waals surface area contributed by atoms with E-state index in [1.807, 2.05) is 32.9 Å². The molecule has 38 heavy (non-hydrogen) atoms. The second kappa shape index (κ2) is 14.6. The predicted molar refractivity (Wildman–Crippen MR) is 153 cm³/mol. The second-order valence-corrected chi connectivity index (χ2v) is 12.2. The van der Waals surface area contributed by atoms with Crippen LogP contribution in [0.4, 0.5) is 5.69 Å².